The van der Waals surface area contributed by atoms with Crippen LogP contribution in [0, 0.1) is 0 Å². The number of hydrogen-bond donors (Lipinski definition) is 0. The van der Waals surface area contributed by atoms with Gasteiger partial charge in [0.25, 0.3) is 0 Å². The molecule has 0 atom stereocenters. The minimum absolute atomic E-state index is 0.267. The number of nitrogens with zero attached hydrogens (tertiary/aromatic N) is 1. The van der Waals surface area contributed by atoms with Gasteiger partial charge in [-0.1, -0.05) is 214 Å². The molecule has 0 aliphatic heterocycles. The van der Waals surface area contributed by atoms with Crippen LogP contribution in [0.15, 0.2) is 249 Å². The van der Waals surface area contributed by atoms with Crippen molar-refractivity contribution in [3.05, 3.63) is 260 Å². The first-order valence-electron chi connectivity index (χ1n) is 23.7. The zero-order valence-corrected chi connectivity index (χ0v) is 38.1. The van der Waals surface area contributed by atoms with Crippen molar-refractivity contribution >= 4 is 60.2 Å². The lowest BCUT2D eigenvalue weighted by Gasteiger charge is -2.30. The van der Waals surface area contributed by atoms with Gasteiger partial charge in [-0.25, -0.2) is 0 Å². The average Bonchev–Trinajstić information content (AvgIpc) is 3.62. The van der Waals surface area contributed by atoms with Crippen LogP contribution in [0.3, 0.4) is 0 Å². The molecule has 1 aliphatic carbocycles. The Morgan fingerprint density at radius 3 is 1.19 bits per heavy atom. The summed E-state index contributed by atoms with van der Waals surface area (Å²) >= 11 is 0. The van der Waals surface area contributed by atoms with Gasteiger partial charge in [0, 0.05) is 21.9 Å². The third-order valence-electron chi connectivity index (χ3n) is 14.6. The monoisotopic (exact) mass is 865 g/mol. The van der Waals surface area contributed by atoms with Crippen molar-refractivity contribution in [3.8, 4) is 55.6 Å². The Morgan fingerprint density at radius 2 is 0.676 bits per heavy atom. The van der Waals surface area contributed by atoms with Crippen LogP contribution < -0.4 is 4.90 Å². The number of hydrogen-bond acceptors (Lipinski definition) is 1. The first kappa shape index (κ1) is 39.8. The van der Waals surface area contributed by atoms with E-state index in [-0.39, 0.29) is 5.41 Å². The van der Waals surface area contributed by atoms with Crippen LogP contribution in [0.4, 0.5) is 17.1 Å². The smallest absolute Gasteiger partial charge is 0.0540 e. The van der Waals surface area contributed by atoms with Crippen molar-refractivity contribution in [2.75, 3.05) is 4.90 Å². The maximum atomic E-state index is 2.50. The Labute approximate surface area is 397 Å². The van der Waals surface area contributed by atoms with Crippen molar-refractivity contribution in [2.45, 2.75) is 19.3 Å². The summed E-state index contributed by atoms with van der Waals surface area (Å²) in [6, 6.07) is 92.0. The summed E-state index contributed by atoms with van der Waals surface area (Å²) in [4.78, 5) is 2.48. The standard InChI is InChI=1S/C67H47N/c1-67(2)61-42-48(35-37-55(61)56-38-36-52(43-62(56)67)68(63-33-17-25-46-23-9-11-27-53(46)63)64-34-18-26-47-24-10-12-28-54(47)64)65-57-29-13-15-31-59(57)66(60-32-16-14-30-58(60)65)51-40-49(44-19-5-3-6-20-44)39-50(41-51)45-21-7-4-8-22-45/h3-43H,1-2H3. The van der Waals surface area contributed by atoms with Crippen molar-refractivity contribution in [1.82, 2.24) is 0 Å². The zero-order valence-electron chi connectivity index (χ0n) is 38.1. The van der Waals surface area contributed by atoms with Crippen molar-refractivity contribution in [1.29, 1.82) is 0 Å². The maximum Gasteiger partial charge on any atom is 0.0540 e. The lowest BCUT2D eigenvalue weighted by Crippen LogP contribution is -2.17. The Hall–Kier alpha value is -8.52. The van der Waals surface area contributed by atoms with Crippen LogP contribution in [-0.4, -0.2) is 0 Å². The van der Waals surface area contributed by atoms with Crippen LogP contribution in [0.25, 0.3) is 98.7 Å². The van der Waals surface area contributed by atoms with Gasteiger partial charge < -0.3 is 4.90 Å². The van der Waals surface area contributed by atoms with E-state index in [1.165, 1.54) is 121 Å². The fourth-order valence-corrected chi connectivity index (χ4v) is 11.4. The molecular formula is C67H47N. The summed E-state index contributed by atoms with van der Waals surface area (Å²) in [5, 5.41) is 9.90. The minimum Gasteiger partial charge on any atom is -0.309 e. The van der Waals surface area contributed by atoms with E-state index in [4.69, 9.17) is 0 Å². The molecule has 0 amide bonds. The second-order valence-electron chi connectivity index (χ2n) is 18.8. The minimum atomic E-state index is -0.267. The van der Waals surface area contributed by atoms with Gasteiger partial charge in [0.15, 0.2) is 0 Å². The summed E-state index contributed by atoms with van der Waals surface area (Å²) in [7, 11) is 0. The number of rotatable bonds is 7. The van der Waals surface area contributed by atoms with Crippen LogP contribution in [0.5, 0.6) is 0 Å². The van der Waals surface area contributed by atoms with Crippen LogP contribution >= 0.6 is 0 Å². The van der Waals surface area contributed by atoms with E-state index in [1.807, 2.05) is 0 Å². The highest BCUT2D eigenvalue weighted by Crippen LogP contribution is 2.54. The van der Waals surface area contributed by atoms with E-state index in [9.17, 15) is 0 Å². The molecule has 68 heavy (non-hydrogen) atoms. The molecule has 0 N–H and O–H groups in total. The molecule has 0 spiro atoms. The molecule has 1 heteroatoms. The second kappa shape index (κ2) is 15.8. The predicted octanol–water partition coefficient (Wildman–Crippen LogP) is 18.7. The molecule has 0 unspecified atom stereocenters. The largest absolute Gasteiger partial charge is 0.309 e. The first-order valence-corrected chi connectivity index (χ1v) is 23.7. The van der Waals surface area contributed by atoms with Gasteiger partial charge in [-0.3, -0.25) is 0 Å². The first-order chi connectivity index (χ1) is 33.5. The molecule has 0 saturated heterocycles. The maximum absolute atomic E-state index is 2.50. The van der Waals surface area contributed by atoms with Gasteiger partial charge >= 0.3 is 0 Å². The van der Waals surface area contributed by atoms with Gasteiger partial charge in [0.05, 0.1) is 11.4 Å². The van der Waals surface area contributed by atoms with Crippen LogP contribution in [0.1, 0.15) is 25.0 Å². The summed E-state index contributed by atoms with van der Waals surface area (Å²) in [6.07, 6.45) is 0. The summed E-state index contributed by atoms with van der Waals surface area (Å²) < 4.78 is 0. The Kier molecular flexibility index (Phi) is 9.27. The van der Waals surface area contributed by atoms with Gasteiger partial charge in [-0.15, -0.1) is 0 Å². The molecule has 0 fully saturated rings. The molecule has 0 radical (unpaired) electrons. The SMILES string of the molecule is CC1(C)c2cc(-c3c4ccccc4c(-c4cc(-c5ccccc5)cc(-c5ccccc5)c4)c4ccccc34)ccc2-c2ccc(N(c3cccc4ccccc34)c3cccc4ccccc34)cc21. The molecule has 1 aliphatic rings. The molecule has 320 valence electrons. The third kappa shape index (κ3) is 6.38. The highest BCUT2D eigenvalue weighted by molar-refractivity contribution is 6.22. The topological polar surface area (TPSA) is 3.24 Å². The lowest BCUT2D eigenvalue weighted by atomic mass is 9.80. The Bertz CT molecular complexity index is 3730. The third-order valence-corrected chi connectivity index (χ3v) is 14.6. The molecule has 0 saturated carbocycles. The molecule has 0 aromatic heterocycles. The Balaban J connectivity index is 0.977. The van der Waals surface area contributed by atoms with E-state index in [0.29, 0.717) is 0 Å². The predicted molar refractivity (Wildman–Crippen MR) is 290 cm³/mol. The summed E-state index contributed by atoms with van der Waals surface area (Å²) in [5.74, 6) is 0. The molecule has 13 rings (SSSR count). The van der Waals surface area contributed by atoms with E-state index in [0.717, 1.165) is 5.69 Å². The molecular weight excluding hydrogens is 819 g/mol. The Morgan fingerprint density at radius 1 is 0.279 bits per heavy atom. The normalized spacial score (nSPS) is 12.7. The van der Waals surface area contributed by atoms with E-state index < -0.39 is 0 Å². The van der Waals surface area contributed by atoms with E-state index >= 15 is 0 Å². The van der Waals surface area contributed by atoms with Crippen molar-refractivity contribution in [3.63, 3.8) is 0 Å². The molecule has 1 nitrogen and oxygen atoms in total. The second-order valence-corrected chi connectivity index (χ2v) is 18.8. The van der Waals surface area contributed by atoms with Crippen LogP contribution in [0.2, 0.25) is 0 Å². The van der Waals surface area contributed by atoms with E-state index in [2.05, 4.69) is 267 Å². The van der Waals surface area contributed by atoms with Crippen molar-refractivity contribution in [2.24, 2.45) is 0 Å². The fraction of sp³-hybridized carbons (Fsp3) is 0.0448. The van der Waals surface area contributed by atoms with E-state index in [1.54, 1.807) is 0 Å². The highest BCUT2D eigenvalue weighted by Gasteiger charge is 2.37. The van der Waals surface area contributed by atoms with Crippen molar-refractivity contribution < 1.29 is 0 Å². The highest BCUT2D eigenvalue weighted by atomic mass is 15.1. The van der Waals surface area contributed by atoms with Crippen LogP contribution in [-0.2, 0) is 5.41 Å². The summed E-state index contributed by atoms with van der Waals surface area (Å²) in [5.41, 5.74) is 18.3. The van der Waals surface area contributed by atoms with Gasteiger partial charge in [-0.2, -0.15) is 0 Å². The molecule has 0 bridgehead atoms. The number of benzene rings is 12. The van der Waals surface area contributed by atoms with Gasteiger partial charge in [0.2, 0.25) is 0 Å². The van der Waals surface area contributed by atoms with Gasteiger partial charge in [-0.05, 0) is 148 Å². The number of anilines is 3. The quantitative estimate of drug-likeness (QED) is 0.144. The molecule has 12 aromatic carbocycles. The average molecular weight is 866 g/mol. The fourth-order valence-electron chi connectivity index (χ4n) is 11.4. The zero-order chi connectivity index (χ0) is 45.3. The summed E-state index contributed by atoms with van der Waals surface area (Å²) in [6.45, 7) is 4.82. The van der Waals surface area contributed by atoms with Gasteiger partial charge in [0.1, 0.15) is 0 Å². The number of fused-ring (bicyclic) bond motifs is 7. The molecule has 0 heterocycles. The lowest BCUT2D eigenvalue weighted by molar-refractivity contribution is 0.660. The molecule has 12 aromatic rings.